The minimum atomic E-state index is -3.73. The molecule has 1 aromatic rings. The molecule has 0 saturated heterocycles. The first-order chi connectivity index (χ1) is 12.0. The molecule has 0 spiro atoms. The van der Waals surface area contributed by atoms with E-state index in [4.69, 9.17) is 5.73 Å². The zero-order chi connectivity index (χ0) is 20.1. The highest BCUT2D eigenvalue weighted by Crippen LogP contribution is 2.14. The van der Waals surface area contributed by atoms with Crippen LogP contribution < -0.4 is 5.73 Å². The Balaban J connectivity index is 0.00000676. The highest BCUT2D eigenvalue weighted by atomic mass is 35.5. The SMILES string of the molecule is CC(C)C(N)CCN(C)C(=O)c1ccc(S(=O)(=O)CC(=O)N(C)C)cc1.Cl. The molecule has 1 rings (SSSR count). The zero-order valence-electron chi connectivity index (χ0n) is 16.5. The fraction of sp³-hybridized carbons (Fsp3) is 0.556. The molecule has 7 nitrogen and oxygen atoms in total. The quantitative estimate of drug-likeness (QED) is 0.686. The smallest absolute Gasteiger partial charge is 0.253 e. The van der Waals surface area contributed by atoms with Gasteiger partial charge in [0, 0.05) is 39.3 Å². The Morgan fingerprint density at radius 1 is 1.07 bits per heavy atom. The number of carbonyl (C=O) groups is 2. The molecular formula is C18H30ClN3O4S. The van der Waals surface area contributed by atoms with Gasteiger partial charge in [0.15, 0.2) is 9.84 Å². The van der Waals surface area contributed by atoms with E-state index in [2.05, 4.69) is 0 Å². The number of nitrogens with two attached hydrogens (primary N) is 1. The summed E-state index contributed by atoms with van der Waals surface area (Å²) in [5.41, 5.74) is 6.39. The first-order valence-electron chi connectivity index (χ1n) is 8.49. The molecule has 9 heteroatoms. The molecule has 0 aliphatic carbocycles. The molecule has 1 atom stereocenters. The van der Waals surface area contributed by atoms with Crippen LogP contribution in [0.5, 0.6) is 0 Å². The number of hydrogen-bond acceptors (Lipinski definition) is 5. The Morgan fingerprint density at radius 3 is 2.04 bits per heavy atom. The molecule has 0 fully saturated rings. The van der Waals surface area contributed by atoms with Gasteiger partial charge in [-0.3, -0.25) is 9.59 Å². The van der Waals surface area contributed by atoms with Gasteiger partial charge in [-0.25, -0.2) is 8.42 Å². The van der Waals surface area contributed by atoms with Crippen molar-refractivity contribution in [3.63, 3.8) is 0 Å². The summed E-state index contributed by atoms with van der Waals surface area (Å²) in [5.74, 6) is -0.950. The Labute approximate surface area is 168 Å². The van der Waals surface area contributed by atoms with Crippen LogP contribution in [0.4, 0.5) is 0 Å². The fourth-order valence-electron chi connectivity index (χ4n) is 2.18. The molecule has 0 radical (unpaired) electrons. The van der Waals surface area contributed by atoms with Gasteiger partial charge in [0.25, 0.3) is 5.91 Å². The Kier molecular flexibility index (Phi) is 9.99. The van der Waals surface area contributed by atoms with Gasteiger partial charge < -0.3 is 15.5 Å². The first-order valence-corrected chi connectivity index (χ1v) is 10.1. The van der Waals surface area contributed by atoms with Crippen molar-refractivity contribution in [3.8, 4) is 0 Å². The van der Waals surface area contributed by atoms with Crippen molar-refractivity contribution in [2.45, 2.75) is 31.2 Å². The number of nitrogens with zero attached hydrogens (tertiary/aromatic N) is 2. The summed E-state index contributed by atoms with van der Waals surface area (Å²) >= 11 is 0. The van der Waals surface area contributed by atoms with E-state index in [-0.39, 0.29) is 29.3 Å². The third kappa shape index (κ3) is 7.48. The molecule has 1 aromatic carbocycles. The highest BCUT2D eigenvalue weighted by Gasteiger charge is 2.21. The maximum Gasteiger partial charge on any atom is 0.253 e. The Morgan fingerprint density at radius 2 is 1.59 bits per heavy atom. The van der Waals surface area contributed by atoms with E-state index < -0.39 is 21.5 Å². The van der Waals surface area contributed by atoms with E-state index >= 15 is 0 Å². The summed E-state index contributed by atoms with van der Waals surface area (Å²) in [6, 6.07) is 5.67. The standard InChI is InChI=1S/C18H29N3O4S.ClH/c1-13(2)16(19)10-11-21(5)18(23)14-6-8-15(9-7-14)26(24,25)12-17(22)20(3)4;/h6-9,13,16H,10-12,19H2,1-5H3;1H. The van der Waals surface area contributed by atoms with Crippen LogP contribution in [0, 0.1) is 5.92 Å². The van der Waals surface area contributed by atoms with Gasteiger partial charge in [-0.1, -0.05) is 13.8 Å². The third-order valence-electron chi connectivity index (χ3n) is 4.27. The lowest BCUT2D eigenvalue weighted by Gasteiger charge is -2.21. The number of sulfone groups is 1. The number of benzene rings is 1. The van der Waals surface area contributed by atoms with Gasteiger partial charge in [-0.15, -0.1) is 12.4 Å². The third-order valence-corrected chi connectivity index (χ3v) is 5.89. The molecule has 0 aromatic heterocycles. The number of rotatable bonds is 8. The summed E-state index contributed by atoms with van der Waals surface area (Å²) in [5, 5.41) is 0. The molecule has 0 aliphatic heterocycles. The molecular weight excluding hydrogens is 390 g/mol. The van der Waals surface area contributed by atoms with E-state index in [0.717, 1.165) is 0 Å². The number of amides is 2. The van der Waals surface area contributed by atoms with E-state index in [1.165, 1.54) is 43.3 Å². The molecule has 2 N–H and O–H groups in total. The number of halogens is 1. The summed E-state index contributed by atoms with van der Waals surface area (Å²) < 4.78 is 24.5. The van der Waals surface area contributed by atoms with Crippen molar-refractivity contribution in [3.05, 3.63) is 29.8 Å². The predicted octanol–water partition coefficient (Wildman–Crippen LogP) is 1.42. The Hall–Kier alpha value is -1.64. The summed E-state index contributed by atoms with van der Waals surface area (Å²) in [6.45, 7) is 4.59. The largest absolute Gasteiger partial charge is 0.348 e. The van der Waals surface area contributed by atoms with Crippen LogP contribution in [0.2, 0.25) is 0 Å². The van der Waals surface area contributed by atoms with Crippen LogP contribution in [-0.4, -0.2) is 69.5 Å². The second-order valence-corrected chi connectivity index (χ2v) is 8.98. The van der Waals surface area contributed by atoms with Crippen molar-refractivity contribution in [2.75, 3.05) is 33.4 Å². The lowest BCUT2D eigenvalue weighted by Crippen LogP contribution is -2.34. The van der Waals surface area contributed by atoms with E-state index in [9.17, 15) is 18.0 Å². The molecule has 1 unspecified atom stereocenters. The summed E-state index contributed by atoms with van der Waals surface area (Å²) in [6.07, 6.45) is 0.693. The first kappa shape index (κ1) is 25.4. The minimum absolute atomic E-state index is 0. The van der Waals surface area contributed by atoms with Crippen LogP contribution in [0.15, 0.2) is 29.2 Å². The maximum absolute atomic E-state index is 12.4. The molecule has 2 amide bonds. The van der Waals surface area contributed by atoms with Gasteiger partial charge in [0.2, 0.25) is 5.91 Å². The van der Waals surface area contributed by atoms with Crippen molar-refractivity contribution in [1.29, 1.82) is 0 Å². The average Bonchev–Trinajstić information content (AvgIpc) is 2.58. The molecule has 0 aliphatic rings. The van der Waals surface area contributed by atoms with Gasteiger partial charge in [0.05, 0.1) is 4.90 Å². The van der Waals surface area contributed by atoms with Crippen LogP contribution >= 0.6 is 12.4 Å². The van der Waals surface area contributed by atoms with E-state index in [1.807, 2.05) is 13.8 Å². The van der Waals surface area contributed by atoms with Crippen LogP contribution in [0.25, 0.3) is 0 Å². The van der Waals surface area contributed by atoms with Gasteiger partial charge in [-0.05, 0) is 36.6 Å². The second kappa shape index (κ2) is 10.6. The highest BCUT2D eigenvalue weighted by molar-refractivity contribution is 7.92. The fourth-order valence-corrected chi connectivity index (χ4v) is 3.48. The number of carbonyl (C=O) groups excluding carboxylic acids is 2. The average molecular weight is 420 g/mol. The summed E-state index contributed by atoms with van der Waals surface area (Å²) in [4.78, 5) is 26.9. The Bertz CT molecular complexity index is 733. The topological polar surface area (TPSA) is 101 Å². The predicted molar refractivity (Wildman–Crippen MR) is 109 cm³/mol. The minimum Gasteiger partial charge on any atom is -0.348 e. The van der Waals surface area contributed by atoms with Crippen LogP contribution in [-0.2, 0) is 14.6 Å². The van der Waals surface area contributed by atoms with Crippen molar-refractivity contribution in [1.82, 2.24) is 9.80 Å². The summed E-state index contributed by atoms with van der Waals surface area (Å²) in [7, 11) is 0.961. The van der Waals surface area contributed by atoms with Gasteiger partial charge in [-0.2, -0.15) is 0 Å². The van der Waals surface area contributed by atoms with Crippen LogP contribution in [0.1, 0.15) is 30.6 Å². The number of hydrogen-bond donors (Lipinski definition) is 1. The van der Waals surface area contributed by atoms with E-state index in [0.29, 0.717) is 24.4 Å². The van der Waals surface area contributed by atoms with Crippen molar-refractivity contribution in [2.24, 2.45) is 11.7 Å². The lowest BCUT2D eigenvalue weighted by molar-refractivity contribution is -0.125. The normalized spacial score (nSPS) is 12.3. The van der Waals surface area contributed by atoms with Crippen molar-refractivity contribution >= 4 is 34.1 Å². The molecule has 0 heterocycles. The zero-order valence-corrected chi connectivity index (χ0v) is 18.1. The molecule has 154 valence electrons. The van der Waals surface area contributed by atoms with Gasteiger partial charge >= 0.3 is 0 Å². The molecule has 27 heavy (non-hydrogen) atoms. The lowest BCUT2D eigenvalue weighted by atomic mass is 10.0. The molecule has 0 saturated carbocycles. The van der Waals surface area contributed by atoms with Crippen molar-refractivity contribution < 1.29 is 18.0 Å². The maximum atomic E-state index is 12.4. The monoisotopic (exact) mass is 419 g/mol. The van der Waals surface area contributed by atoms with Gasteiger partial charge in [0.1, 0.15) is 5.75 Å². The molecule has 0 bridgehead atoms. The van der Waals surface area contributed by atoms with Crippen LogP contribution in [0.3, 0.4) is 0 Å². The van der Waals surface area contributed by atoms with E-state index in [1.54, 1.807) is 11.9 Å². The second-order valence-electron chi connectivity index (χ2n) is 6.99.